The molecular formula is C42H53N7O6. The topological polar surface area (TPSA) is 167 Å². The molecule has 0 saturated carbocycles. The van der Waals surface area contributed by atoms with Crippen molar-refractivity contribution in [3.8, 4) is 11.5 Å². The molecule has 13 heteroatoms. The van der Waals surface area contributed by atoms with Crippen LogP contribution in [0.5, 0.6) is 11.5 Å². The van der Waals surface area contributed by atoms with Crippen molar-refractivity contribution in [3.63, 3.8) is 0 Å². The Bertz CT molecular complexity index is 1820. The molecule has 0 spiro atoms. The number of benzene rings is 4. The Balaban J connectivity index is 0.00000262. The van der Waals surface area contributed by atoms with Crippen LogP contribution in [-0.2, 0) is 16.0 Å². The number of ether oxygens (including phenoxy) is 3. The number of aliphatic imine (C=N–C) groups is 2. The van der Waals surface area contributed by atoms with Crippen LogP contribution in [0, 0.1) is 0 Å². The molecule has 292 valence electrons. The van der Waals surface area contributed by atoms with Crippen molar-refractivity contribution in [1.29, 1.82) is 0 Å². The molecule has 0 aliphatic carbocycles. The summed E-state index contributed by atoms with van der Waals surface area (Å²) >= 11 is 0. The molecule has 2 amide bonds. The molecule has 13 nitrogen and oxygen atoms in total. The van der Waals surface area contributed by atoms with Crippen LogP contribution in [0.15, 0.2) is 126 Å². The fourth-order valence-corrected chi connectivity index (χ4v) is 4.67. The fourth-order valence-electron chi connectivity index (χ4n) is 4.67. The number of aromatic hydroxyl groups is 1. The monoisotopic (exact) mass is 751 g/mol. The Hall–Kier alpha value is -6.18. The van der Waals surface area contributed by atoms with Gasteiger partial charge in [-0.2, -0.15) is 0 Å². The van der Waals surface area contributed by atoms with Gasteiger partial charge in [0, 0.05) is 36.1 Å². The second-order valence-electron chi connectivity index (χ2n) is 11.9. The summed E-state index contributed by atoms with van der Waals surface area (Å²) in [6.07, 6.45) is 1.25. The van der Waals surface area contributed by atoms with Crippen LogP contribution in [0.3, 0.4) is 0 Å². The minimum absolute atomic E-state index is 0.132. The highest BCUT2D eigenvalue weighted by Gasteiger charge is 2.14. The number of hydrogen-bond acceptors (Lipinski definition) is 8. The number of methoxy groups -OCH3 is 1. The number of rotatable bonds is 18. The van der Waals surface area contributed by atoms with Gasteiger partial charge in [0.1, 0.15) is 23.2 Å². The predicted octanol–water partition coefficient (Wildman–Crippen LogP) is 6.57. The first-order valence-corrected chi connectivity index (χ1v) is 18.1. The summed E-state index contributed by atoms with van der Waals surface area (Å²) in [4.78, 5) is 34.0. The van der Waals surface area contributed by atoms with E-state index in [0.29, 0.717) is 91.9 Å². The zero-order chi connectivity index (χ0) is 39.7. The lowest BCUT2D eigenvalue weighted by atomic mass is 10.1. The number of nitrogens with zero attached hydrogens (tertiary/aromatic N) is 2. The first-order valence-electron chi connectivity index (χ1n) is 18.1. The van der Waals surface area contributed by atoms with Crippen molar-refractivity contribution in [3.05, 3.63) is 132 Å². The maximum atomic E-state index is 12.9. The number of anilines is 2. The third-order valence-corrected chi connectivity index (χ3v) is 7.23. The van der Waals surface area contributed by atoms with Crippen molar-refractivity contribution < 1.29 is 28.9 Å². The van der Waals surface area contributed by atoms with E-state index in [1.165, 1.54) is 13.5 Å². The molecule has 0 heterocycles. The number of phenolic OH excluding ortho intramolecular Hbond substituents is 1. The van der Waals surface area contributed by atoms with Crippen molar-refractivity contribution in [2.45, 2.75) is 33.7 Å². The second kappa shape index (κ2) is 24.9. The number of guanidine groups is 1. The number of carbonyl (C=O) groups excluding carboxylic acids is 2. The summed E-state index contributed by atoms with van der Waals surface area (Å²) in [5, 5.41) is 24.9. The van der Waals surface area contributed by atoms with Gasteiger partial charge in [-0.15, -0.1) is 0 Å². The zero-order valence-electron chi connectivity index (χ0n) is 32.1. The van der Waals surface area contributed by atoms with Gasteiger partial charge < -0.3 is 45.9 Å². The molecule has 0 bridgehead atoms. The predicted molar refractivity (Wildman–Crippen MR) is 220 cm³/mol. The Kier molecular flexibility index (Phi) is 19.6. The molecule has 4 aromatic carbocycles. The molecular weight excluding hydrogens is 699 g/mol. The third-order valence-electron chi connectivity index (χ3n) is 7.23. The molecule has 0 fully saturated rings. The molecule has 6 N–H and O–H groups in total. The Labute approximate surface area is 323 Å². The molecule has 0 radical (unpaired) electrons. The molecule has 55 heavy (non-hydrogen) atoms. The lowest BCUT2D eigenvalue weighted by Gasteiger charge is -2.17. The van der Waals surface area contributed by atoms with Gasteiger partial charge in [0.15, 0.2) is 0 Å². The summed E-state index contributed by atoms with van der Waals surface area (Å²) in [7, 11) is 1.50. The Morgan fingerprint density at radius 1 is 0.764 bits per heavy atom. The van der Waals surface area contributed by atoms with Crippen LogP contribution in [-0.4, -0.2) is 75.3 Å². The van der Waals surface area contributed by atoms with E-state index in [2.05, 4.69) is 57.0 Å². The van der Waals surface area contributed by atoms with Gasteiger partial charge in [-0.1, -0.05) is 75.4 Å². The van der Waals surface area contributed by atoms with Crippen molar-refractivity contribution in [2.24, 2.45) is 9.98 Å². The molecule has 0 aromatic heterocycles. The Morgan fingerprint density at radius 2 is 1.40 bits per heavy atom. The normalized spacial score (nSPS) is 11.1. The smallest absolute Gasteiger partial charge is 0.255 e. The quantitative estimate of drug-likeness (QED) is 0.0285. The highest BCUT2D eigenvalue weighted by Crippen LogP contribution is 2.24. The van der Waals surface area contributed by atoms with Gasteiger partial charge in [0.2, 0.25) is 5.96 Å². The van der Waals surface area contributed by atoms with E-state index < -0.39 is 0 Å². The van der Waals surface area contributed by atoms with E-state index in [9.17, 15) is 14.7 Å². The number of amides is 2. The number of carbonyl (C=O) groups is 2. The van der Waals surface area contributed by atoms with Gasteiger partial charge in [0.05, 0.1) is 45.6 Å². The maximum Gasteiger partial charge on any atom is 0.255 e. The minimum Gasteiger partial charge on any atom is -0.508 e. The molecule has 4 aromatic rings. The summed E-state index contributed by atoms with van der Waals surface area (Å²) in [6.45, 7) is 12.8. The van der Waals surface area contributed by atoms with E-state index >= 15 is 0 Å². The van der Waals surface area contributed by atoms with Crippen molar-refractivity contribution in [2.75, 3.05) is 57.3 Å². The minimum atomic E-state index is -0.258. The summed E-state index contributed by atoms with van der Waals surface area (Å²) < 4.78 is 16.7. The van der Waals surface area contributed by atoms with E-state index in [4.69, 9.17) is 14.2 Å². The van der Waals surface area contributed by atoms with E-state index in [-0.39, 0.29) is 17.6 Å². The highest BCUT2D eigenvalue weighted by molar-refractivity contribution is 6.03. The SMILES string of the molecule is C=C(NC(=NC(C)=NCCOCCOCCNC(=O)c1ccccc1)Nc1ccc(O)cc1)Nc1ccc(C(=O)NCc2ccccc2)c(OC)c1.CCC. The molecule has 0 saturated heterocycles. The number of hydrogen-bond donors (Lipinski definition) is 6. The maximum absolute atomic E-state index is 12.9. The third kappa shape index (κ3) is 17.0. The van der Waals surface area contributed by atoms with Gasteiger partial charge >= 0.3 is 0 Å². The van der Waals surface area contributed by atoms with Crippen LogP contribution in [0.1, 0.15) is 53.5 Å². The molecule has 0 atom stereocenters. The van der Waals surface area contributed by atoms with Crippen molar-refractivity contribution in [1.82, 2.24) is 16.0 Å². The van der Waals surface area contributed by atoms with Crippen LogP contribution in [0.4, 0.5) is 11.4 Å². The average Bonchev–Trinajstić information content (AvgIpc) is 3.19. The number of nitrogens with one attached hydrogen (secondary N) is 5. The summed E-state index contributed by atoms with van der Waals surface area (Å²) in [6, 6.07) is 30.3. The molecule has 0 aliphatic heterocycles. The van der Waals surface area contributed by atoms with Crippen molar-refractivity contribution >= 4 is 35.0 Å². The lowest BCUT2D eigenvalue weighted by Crippen LogP contribution is -2.33. The lowest BCUT2D eigenvalue weighted by molar-refractivity contribution is 0.0512. The molecule has 0 unspecified atom stereocenters. The van der Waals surface area contributed by atoms with E-state index in [1.54, 1.807) is 61.5 Å². The number of amidine groups is 1. The van der Waals surface area contributed by atoms with Gasteiger partial charge in [-0.25, -0.2) is 4.99 Å². The summed E-state index contributed by atoms with van der Waals surface area (Å²) in [5.41, 5.74) is 3.29. The largest absolute Gasteiger partial charge is 0.508 e. The van der Waals surface area contributed by atoms with Gasteiger partial charge in [0.25, 0.3) is 11.8 Å². The Morgan fingerprint density at radius 3 is 2.07 bits per heavy atom. The van der Waals surface area contributed by atoms with E-state index in [1.807, 2.05) is 48.5 Å². The molecule has 0 aliphatic rings. The highest BCUT2D eigenvalue weighted by atomic mass is 16.5. The van der Waals surface area contributed by atoms with Crippen LogP contribution in [0.2, 0.25) is 0 Å². The van der Waals surface area contributed by atoms with Crippen LogP contribution >= 0.6 is 0 Å². The van der Waals surface area contributed by atoms with Crippen LogP contribution < -0.4 is 31.3 Å². The molecule has 4 rings (SSSR count). The first kappa shape index (κ1) is 43.2. The zero-order valence-corrected chi connectivity index (χ0v) is 32.1. The van der Waals surface area contributed by atoms with Gasteiger partial charge in [-0.05, 0) is 61.0 Å². The fraction of sp³-hybridized carbons (Fsp3) is 0.286. The number of phenols is 1. The average molecular weight is 752 g/mol. The summed E-state index contributed by atoms with van der Waals surface area (Å²) in [5.74, 6) is 1.30. The standard InChI is InChI=1S/C39H45N7O6.C3H8/c1-28(40-20-22-51-24-25-52-23-21-41-37(48)31-12-8-5-9-13-31)44-39(46-32-14-17-34(47)18-15-32)45-29(2)43-33-16-19-35(36(26-33)50-3)38(49)42-27-30-10-6-4-7-11-30;1-3-2/h4-19,26,43,47H,2,20-25,27H2,1,3H3,(H,41,48)(H,42,49)(H2,40,44,45,46);3H2,1-2H3. The first-order chi connectivity index (χ1) is 26.7. The van der Waals surface area contributed by atoms with Crippen LogP contribution in [0.25, 0.3) is 0 Å². The van der Waals surface area contributed by atoms with E-state index in [0.717, 1.165) is 5.56 Å². The second-order valence-corrected chi connectivity index (χ2v) is 11.9. The van der Waals surface area contributed by atoms with Gasteiger partial charge in [-0.3, -0.25) is 14.6 Å².